The lowest BCUT2D eigenvalue weighted by Crippen LogP contribution is -2.62. The van der Waals surface area contributed by atoms with Gasteiger partial charge in [0.2, 0.25) is 17.7 Å². The van der Waals surface area contributed by atoms with Gasteiger partial charge in [0.25, 0.3) is 5.91 Å². The van der Waals surface area contributed by atoms with Crippen molar-refractivity contribution in [2.75, 3.05) is 6.54 Å². The van der Waals surface area contributed by atoms with Crippen LogP contribution in [0.2, 0.25) is 0 Å². The van der Waals surface area contributed by atoms with Crippen LogP contribution in [0.15, 0.2) is 43.5 Å². The highest BCUT2D eigenvalue weighted by Gasteiger charge is 2.33. The van der Waals surface area contributed by atoms with Crippen LogP contribution in [-0.4, -0.2) is 53.3 Å². The number of nitrogens with one attached hydrogen (secondary N) is 4. The number of hydrogen-bond acceptors (Lipinski definition) is 5. The smallest absolute Gasteiger partial charge is 0.258 e. The van der Waals surface area contributed by atoms with Crippen molar-refractivity contribution in [3.8, 4) is 0 Å². The zero-order valence-corrected chi connectivity index (χ0v) is 25.6. The average molecular weight is 568 g/mol. The molecule has 0 saturated carbocycles. The third-order valence-electron chi connectivity index (χ3n) is 7.49. The Balaban J connectivity index is 1.93. The van der Waals surface area contributed by atoms with E-state index >= 15 is 0 Å². The third kappa shape index (κ3) is 10.5. The second-order valence-electron chi connectivity index (χ2n) is 12.1. The Labute approximate surface area is 245 Å². The van der Waals surface area contributed by atoms with Crippen LogP contribution in [0.3, 0.4) is 0 Å². The van der Waals surface area contributed by atoms with E-state index in [1.54, 1.807) is 13.0 Å². The van der Waals surface area contributed by atoms with Gasteiger partial charge in [-0.3, -0.25) is 24.2 Å². The molecular weight excluding hydrogens is 518 g/mol. The predicted molar refractivity (Wildman–Crippen MR) is 163 cm³/mol. The lowest BCUT2D eigenvalue weighted by Gasteiger charge is -2.35. The number of carbonyl (C=O) groups is 4. The van der Waals surface area contributed by atoms with Crippen molar-refractivity contribution >= 4 is 29.7 Å². The Bertz CT molecular complexity index is 1100. The van der Waals surface area contributed by atoms with Gasteiger partial charge in [-0.2, -0.15) is 0 Å². The summed E-state index contributed by atoms with van der Waals surface area (Å²) >= 11 is 0. The maximum Gasteiger partial charge on any atom is 0.258 e. The van der Waals surface area contributed by atoms with Crippen molar-refractivity contribution in [3.05, 3.63) is 54.6 Å². The van der Waals surface area contributed by atoms with Crippen molar-refractivity contribution in [1.82, 2.24) is 26.4 Å². The molecular formula is C32H49N5O4. The summed E-state index contributed by atoms with van der Waals surface area (Å²) in [6.45, 7) is 19.4. The molecule has 1 aromatic rings. The molecule has 9 heteroatoms. The summed E-state index contributed by atoms with van der Waals surface area (Å²) in [7, 11) is 0. The van der Waals surface area contributed by atoms with E-state index in [1.807, 2.05) is 51.1 Å². The highest BCUT2D eigenvalue weighted by Crippen LogP contribution is 2.27. The SMILES string of the molecule is C=CCC(C)(C)CCC(=O)NC(C(=O)NC(C)C(=O)N1CCCC(C(=O)NC(C)c2cccc(C=C)c2)N1)C(C)C. The molecule has 0 aromatic heterocycles. The van der Waals surface area contributed by atoms with Gasteiger partial charge in [0.05, 0.1) is 6.04 Å². The molecule has 0 radical (unpaired) electrons. The number of nitrogens with zero attached hydrogens (tertiary/aromatic N) is 1. The highest BCUT2D eigenvalue weighted by molar-refractivity contribution is 5.92. The second kappa shape index (κ2) is 15.5. The van der Waals surface area contributed by atoms with E-state index in [2.05, 4.69) is 48.4 Å². The lowest BCUT2D eigenvalue weighted by atomic mass is 9.84. The summed E-state index contributed by atoms with van der Waals surface area (Å²) in [5.41, 5.74) is 4.92. The van der Waals surface area contributed by atoms with E-state index in [4.69, 9.17) is 0 Å². The normalized spacial score (nSPS) is 17.6. The number of carbonyl (C=O) groups excluding carboxylic acids is 4. The number of rotatable bonds is 14. The zero-order valence-electron chi connectivity index (χ0n) is 25.6. The average Bonchev–Trinajstić information content (AvgIpc) is 2.94. The summed E-state index contributed by atoms with van der Waals surface area (Å²) in [4.78, 5) is 52.0. The van der Waals surface area contributed by atoms with E-state index in [0.717, 1.165) is 17.5 Å². The van der Waals surface area contributed by atoms with E-state index < -0.39 is 24.0 Å². The summed E-state index contributed by atoms with van der Waals surface area (Å²) in [6, 6.07) is 5.38. The van der Waals surface area contributed by atoms with E-state index in [0.29, 0.717) is 32.2 Å². The first-order valence-corrected chi connectivity index (χ1v) is 14.6. The van der Waals surface area contributed by atoms with Crippen molar-refractivity contribution in [2.45, 2.75) is 97.8 Å². The molecule has 2 rings (SSSR count). The fraction of sp³-hybridized carbons (Fsp3) is 0.562. The second-order valence-corrected chi connectivity index (χ2v) is 12.1. The zero-order chi connectivity index (χ0) is 30.7. The Morgan fingerprint density at radius 2 is 1.80 bits per heavy atom. The van der Waals surface area contributed by atoms with Crippen molar-refractivity contribution in [2.24, 2.45) is 11.3 Å². The molecule has 1 aliphatic heterocycles. The van der Waals surface area contributed by atoms with Crippen LogP contribution in [0.25, 0.3) is 6.08 Å². The fourth-order valence-corrected chi connectivity index (χ4v) is 4.81. The van der Waals surface area contributed by atoms with Crippen LogP contribution < -0.4 is 21.4 Å². The summed E-state index contributed by atoms with van der Waals surface area (Å²) in [5, 5.41) is 10.0. The molecule has 1 aromatic carbocycles. The van der Waals surface area contributed by atoms with Crippen LogP contribution >= 0.6 is 0 Å². The topological polar surface area (TPSA) is 120 Å². The van der Waals surface area contributed by atoms with Gasteiger partial charge in [-0.1, -0.05) is 64.6 Å². The van der Waals surface area contributed by atoms with Crippen LogP contribution in [0.4, 0.5) is 0 Å². The maximum atomic E-state index is 13.2. The van der Waals surface area contributed by atoms with Crippen LogP contribution in [-0.2, 0) is 19.2 Å². The Morgan fingerprint density at radius 1 is 1.10 bits per heavy atom. The van der Waals surface area contributed by atoms with Crippen molar-refractivity contribution in [3.63, 3.8) is 0 Å². The monoisotopic (exact) mass is 567 g/mol. The number of benzene rings is 1. The highest BCUT2D eigenvalue weighted by atomic mass is 16.2. The Hall–Kier alpha value is -3.46. The molecule has 9 nitrogen and oxygen atoms in total. The molecule has 4 atom stereocenters. The number of hydrazine groups is 1. The van der Waals surface area contributed by atoms with E-state index in [1.165, 1.54) is 5.01 Å². The van der Waals surface area contributed by atoms with Gasteiger partial charge in [-0.05, 0) is 68.1 Å². The minimum absolute atomic E-state index is 0.0551. The van der Waals surface area contributed by atoms with Crippen LogP contribution in [0.1, 0.15) is 90.8 Å². The third-order valence-corrected chi connectivity index (χ3v) is 7.49. The van der Waals surface area contributed by atoms with Crippen molar-refractivity contribution < 1.29 is 19.2 Å². The van der Waals surface area contributed by atoms with Crippen molar-refractivity contribution in [1.29, 1.82) is 0 Å². The van der Waals surface area contributed by atoms with Gasteiger partial charge in [-0.25, -0.2) is 5.43 Å². The Kier molecular flexibility index (Phi) is 12.8. The maximum absolute atomic E-state index is 13.2. The van der Waals surface area contributed by atoms with Gasteiger partial charge >= 0.3 is 0 Å². The fourth-order valence-electron chi connectivity index (χ4n) is 4.81. The summed E-state index contributed by atoms with van der Waals surface area (Å²) < 4.78 is 0. The van der Waals surface area contributed by atoms with Gasteiger partial charge in [-0.15, -0.1) is 6.58 Å². The first-order chi connectivity index (χ1) is 19.3. The molecule has 41 heavy (non-hydrogen) atoms. The molecule has 1 heterocycles. The minimum atomic E-state index is -0.845. The quantitative estimate of drug-likeness (QED) is 0.253. The van der Waals surface area contributed by atoms with Crippen LogP contribution in [0, 0.1) is 11.3 Å². The molecule has 4 N–H and O–H groups in total. The first-order valence-electron chi connectivity index (χ1n) is 14.6. The standard InChI is InChI=1S/C32H49N5O4/c1-9-17-32(7,8)18-16-27(38)35-28(21(3)4)30(40)34-23(6)31(41)37-19-12-15-26(36-37)29(39)33-22(5)25-14-11-13-24(10-2)20-25/h9-11,13-14,20-23,26,28,36H,1-2,12,15-19H2,3-8H3,(H,33,39)(H,34,40)(H,35,38). The summed E-state index contributed by atoms with van der Waals surface area (Å²) in [5.74, 6) is -1.33. The minimum Gasteiger partial charge on any atom is -0.348 e. The molecule has 4 amide bonds. The molecule has 0 bridgehead atoms. The van der Waals surface area contributed by atoms with Gasteiger partial charge < -0.3 is 16.0 Å². The molecule has 1 fully saturated rings. The molecule has 1 aliphatic rings. The predicted octanol–water partition coefficient (Wildman–Crippen LogP) is 4.03. The largest absolute Gasteiger partial charge is 0.348 e. The van der Waals surface area contributed by atoms with E-state index in [-0.39, 0.29) is 35.1 Å². The molecule has 1 saturated heterocycles. The van der Waals surface area contributed by atoms with Gasteiger partial charge in [0, 0.05) is 13.0 Å². The van der Waals surface area contributed by atoms with Crippen LogP contribution in [0.5, 0.6) is 0 Å². The van der Waals surface area contributed by atoms with Gasteiger partial charge in [0.1, 0.15) is 18.1 Å². The molecule has 4 unspecified atom stereocenters. The number of amides is 4. The Morgan fingerprint density at radius 3 is 2.44 bits per heavy atom. The van der Waals surface area contributed by atoms with Gasteiger partial charge in [0.15, 0.2) is 0 Å². The number of allylic oxidation sites excluding steroid dienone is 1. The first kappa shape index (κ1) is 33.7. The molecule has 226 valence electrons. The number of hydrogen-bond donors (Lipinski definition) is 4. The lowest BCUT2D eigenvalue weighted by molar-refractivity contribution is -0.143. The molecule has 0 spiro atoms. The summed E-state index contributed by atoms with van der Waals surface area (Å²) in [6.07, 6.45) is 6.59. The van der Waals surface area contributed by atoms with E-state index in [9.17, 15) is 19.2 Å². The molecule has 0 aliphatic carbocycles.